The number of amides is 1. The van der Waals surface area contributed by atoms with Gasteiger partial charge < -0.3 is 25.0 Å². The fraction of sp³-hybridized carbons (Fsp3) is 0.214. The van der Waals surface area contributed by atoms with Crippen molar-refractivity contribution in [2.75, 3.05) is 43.3 Å². The van der Waals surface area contributed by atoms with Crippen molar-refractivity contribution in [1.82, 2.24) is 0 Å². The summed E-state index contributed by atoms with van der Waals surface area (Å²) >= 11 is 0. The van der Waals surface area contributed by atoms with Crippen LogP contribution in [0.1, 0.15) is 22.8 Å². The monoisotopic (exact) mass is 563 g/mol. The van der Waals surface area contributed by atoms with Gasteiger partial charge in [0.15, 0.2) is 11.5 Å². The number of aliphatic imine (C=N–C) groups is 1. The Morgan fingerprint density at radius 1 is 1.05 bits per heavy atom. The minimum Gasteiger partial charge on any atom is -0.495 e. The van der Waals surface area contributed by atoms with Crippen LogP contribution in [-0.4, -0.2) is 59.7 Å². The maximum atomic E-state index is 13.9. The van der Waals surface area contributed by atoms with Crippen LogP contribution in [0.15, 0.2) is 74.9 Å². The molecule has 12 heteroatoms. The lowest BCUT2D eigenvalue weighted by atomic mass is 10.1. The van der Waals surface area contributed by atoms with Crippen molar-refractivity contribution in [3.63, 3.8) is 0 Å². The first-order chi connectivity index (χ1) is 19.1. The number of aryl methyl sites for hydroxylation is 1. The summed E-state index contributed by atoms with van der Waals surface area (Å²) in [4.78, 5) is 32.1. The Kier molecular flexibility index (Phi) is 8.19. The van der Waals surface area contributed by atoms with E-state index in [0.29, 0.717) is 11.4 Å². The summed E-state index contributed by atoms with van der Waals surface area (Å²) in [6, 6.07) is 16.2. The van der Waals surface area contributed by atoms with Crippen LogP contribution in [-0.2, 0) is 19.6 Å². The molecule has 3 aromatic carbocycles. The van der Waals surface area contributed by atoms with Gasteiger partial charge in [0, 0.05) is 19.3 Å². The summed E-state index contributed by atoms with van der Waals surface area (Å²) in [5.41, 5.74) is 2.48. The van der Waals surface area contributed by atoms with Gasteiger partial charge in [0.1, 0.15) is 10.6 Å². The van der Waals surface area contributed by atoms with E-state index in [-0.39, 0.29) is 33.4 Å². The number of amidine groups is 1. The number of carbonyl (C=O) groups is 2. The molecular formula is C28H29N5O6S. The molecule has 208 valence electrons. The maximum absolute atomic E-state index is 13.9. The SMILES string of the molecule is CCNc1ccc(/N=C(\C(=O)Nc2cc(C(=O)OC)ccc2OC)C2=NS(=O)(=O)c3ccccc3N2C)c(C)c1. The number of fused-ring (bicyclic) bond motifs is 1. The molecule has 40 heavy (non-hydrogen) atoms. The molecule has 4 rings (SSSR count). The quantitative estimate of drug-likeness (QED) is 0.308. The minimum absolute atomic E-state index is 0.0135. The molecule has 0 bridgehead atoms. The van der Waals surface area contributed by atoms with Crippen LogP contribution in [0.5, 0.6) is 5.75 Å². The Bertz CT molecular complexity index is 1650. The molecular weight excluding hydrogens is 534 g/mol. The van der Waals surface area contributed by atoms with Crippen molar-refractivity contribution in [2.45, 2.75) is 18.7 Å². The number of benzene rings is 3. The number of rotatable bonds is 8. The largest absolute Gasteiger partial charge is 0.495 e. The van der Waals surface area contributed by atoms with E-state index in [0.717, 1.165) is 17.8 Å². The third-order valence-corrected chi connectivity index (χ3v) is 7.45. The highest BCUT2D eigenvalue weighted by Gasteiger charge is 2.34. The Balaban J connectivity index is 1.86. The lowest BCUT2D eigenvalue weighted by Crippen LogP contribution is -2.43. The standard InChI is InChI=1S/C28H29N5O6S/c1-6-29-19-12-13-20(17(2)15-19)30-25(26-32-40(36,37)24-10-8-7-9-22(24)33(26)3)27(34)31-21-16-18(28(35)39-5)11-14-23(21)38-4/h7-16,29H,6H2,1-5H3,(H,31,34)/b30-25-. The van der Waals surface area contributed by atoms with Crippen LogP contribution in [0.25, 0.3) is 0 Å². The zero-order chi connectivity index (χ0) is 29.0. The van der Waals surface area contributed by atoms with E-state index >= 15 is 0 Å². The Hall–Kier alpha value is -4.71. The average Bonchev–Trinajstić information content (AvgIpc) is 2.94. The Labute approximate surface area is 232 Å². The molecule has 0 saturated heterocycles. The van der Waals surface area contributed by atoms with Crippen LogP contribution in [0.4, 0.5) is 22.7 Å². The second-order valence-corrected chi connectivity index (χ2v) is 10.3. The van der Waals surface area contributed by atoms with Gasteiger partial charge in [0.05, 0.1) is 36.8 Å². The number of sulfonamides is 1. The number of nitrogens with zero attached hydrogens (tertiary/aromatic N) is 3. The van der Waals surface area contributed by atoms with Crippen LogP contribution in [0, 0.1) is 6.92 Å². The third-order valence-electron chi connectivity index (χ3n) is 6.13. The summed E-state index contributed by atoms with van der Waals surface area (Å²) in [5.74, 6) is -1.28. The number of hydrogen-bond acceptors (Lipinski definition) is 9. The lowest BCUT2D eigenvalue weighted by molar-refractivity contribution is -0.110. The molecule has 2 N–H and O–H groups in total. The van der Waals surface area contributed by atoms with E-state index in [1.165, 1.54) is 43.4 Å². The topological polar surface area (TPSA) is 139 Å². The van der Waals surface area contributed by atoms with E-state index < -0.39 is 21.9 Å². The summed E-state index contributed by atoms with van der Waals surface area (Å²) < 4.78 is 40.4. The molecule has 0 spiro atoms. The van der Waals surface area contributed by atoms with Gasteiger partial charge in [-0.1, -0.05) is 12.1 Å². The molecule has 0 aliphatic carbocycles. The van der Waals surface area contributed by atoms with Crippen LogP contribution < -0.4 is 20.3 Å². The fourth-order valence-corrected chi connectivity index (χ4v) is 5.40. The highest BCUT2D eigenvalue weighted by atomic mass is 32.2. The van der Waals surface area contributed by atoms with Gasteiger partial charge in [0.2, 0.25) is 0 Å². The van der Waals surface area contributed by atoms with Crippen molar-refractivity contribution in [1.29, 1.82) is 0 Å². The van der Waals surface area contributed by atoms with E-state index in [9.17, 15) is 18.0 Å². The van der Waals surface area contributed by atoms with Gasteiger partial charge in [-0.25, -0.2) is 9.79 Å². The summed E-state index contributed by atoms with van der Waals surface area (Å²) in [7, 11) is 0.126. The van der Waals surface area contributed by atoms with E-state index in [4.69, 9.17) is 9.47 Å². The first-order valence-electron chi connectivity index (χ1n) is 12.3. The van der Waals surface area contributed by atoms with Gasteiger partial charge in [0.25, 0.3) is 15.9 Å². The van der Waals surface area contributed by atoms with Gasteiger partial charge >= 0.3 is 5.97 Å². The number of esters is 1. The number of para-hydroxylation sites is 1. The summed E-state index contributed by atoms with van der Waals surface area (Å²) in [6.07, 6.45) is 0. The molecule has 0 atom stereocenters. The highest BCUT2D eigenvalue weighted by Crippen LogP contribution is 2.32. The van der Waals surface area contributed by atoms with Crippen molar-refractivity contribution >= 4 is 56.2 Å². The molecule has 0 unspecified atom stereocenters. The van der Waals surface area contributed by atoms with Gasteiger partial charge in [-0.15, -0.1) is 4.40 Å². The van der Waals surface area contributed by atoms with E-state index in [1.54, 1.807) is 31.3 Å². The first-order valence-corrected chi connectivity index (χ1v) is 13.7. The molecule has 1 aliphatic rings. The molecule has 0 aromatic heterocycles. The molecule has 1 aliphatic heterocycles. The summed E-state index contributed by atoms with van der Waals surface area (Å²) in [6.45, 7) is 4.53. The zero-order valence-corrected chi connectivity index (χ0v) is 23.5. The number of methoxy groups -OCH3 is 2. The van der Waals surface area contributed by atoms with Crippen molar-refractivity contribution in [3.8, 4) is 5.75 Å². The van der Waals surface area contributed by atoms with Crippen LogP contribution in [0.3, 0.4) is 0 Å². The normalized spacial score (nSPS) is 14.1. The van der Waals surface area contributed by atoms with Crippen molar-refractivity contribution in [3.05, 3.63) is 71.8 Å². The third kappa shape index (κ3) is 5.66. The van der Waals surface area contributed by atoms with Gasteiger partial charge in [-0.3, -0.25) is 4.79 Å². The lowest BCUT2D eigenvalue weighted by Gasteiger charge is -2.27. The highest BCUT2D eigenvalue weighted by molar-refractivity contribution is 7.90. The predicted octanol–water partition coefficient (Wildman–Crippen LogP) is 4.17. The molecule has 3 aromatic rings. The maximum Gasteiger partial charge on any atom is 0.337 e. The van der Waals surface area contributed by atoms with Crippen molar-refractivity contribution < 1.29 is 27.5 Å². The van der Waals surface area contributed by atoms with E-state index in [1.807, 2.05) is 26.0 Å². The molecule has 0 saturated carbocycles. The van der Waals surface area contributed by atoms with Gasteiger partial charge in [-0.2, -0.15) is 8.42 Å². The number of hydrogen-bond donors (Lipinski definition) is 2. The first kappa shape index (κ1) is 28.3. The molecule has 0 radical (unpaired) electrons. The van der Waals surface area contributed by atoms with Gasteiger partial charge in [-0.05, 0) is 67.9 Å². The van der Waals surface area contributed by atoms with Crippen LogP contribution in [0.2, 0.25) is 0 Å². The summed E-state index contributed by atoms with van der Waals surface area (Å²) in [5, 5.41) is 5.92. The van der Waals surface area contributed by atoms with Crippen LogP contribution >= 0.6 is 0 Å². The second kappa shape index (κ2) is 11.6. The van der Waals surface area contributed by atoms with Crippen molar-refractivity contribution in [2.24, 2.45) is 9.39 Å². The number of ether oxygens (including phenoxy) is 2. The average molecular weight is 564 g/mol. The number of nitrogens with one attached hydrogen (secondary N) is 2. The zero-order valence-electron chi connectivity index (χ0n) is 22.7. The Morgan fingerprint density at radius 2 is 1.80 bits per heavy atom. The second-order valence-electron chi connectivity index (χ2n) is 8.77. The molecule has 1 amide bonds. The Morgan fingerprint density at radius 3 is 2.48 bits per heavy atom. The number of anilines is 3. The number of carbonyl (C=O) groups excluding carboxylic acids is 2. The fourth-order valence-electron chi connectivity index (χ4n) is 4.14. The molecule has 0 fully saturated rings. The van der Waals surface area contributed by atoms with E-state index in [2.05, 4.69) is 20.0 Å². The molecule has 11 nitrogen and oxygen atoms in total. The smallest absolute Gasteiger partial charge is 0.337 e. The predicted molar refractivity (Wildman–Crippen MR) is 155 cm³/mol. The molecule has 1 heterocycles. The minimum atomic E-state index is -4.14.